The van der Waals surface area contributed by atoms with Crippen molar-refractivity contribution in [2.75, 3.05) is 7.11 Å². The lowest BCUT2D eigenvalue weighted by Gasteiger charge is -2.00. The van der Waals surface area contributed by atoms with Crippen molar-refractivity contribution < 1.29 is 18.7 Å². The summed E-state index contributed by atoms with van der Waals surface area (Å²) in [5.41, 5.74) is -0.466. The molecule has 0 unspecified atom stereocenters. The number of esters is 1. The van der Waals surface area contributed by atoms with E-state index in [1.807, 2.05) is 0 Å². The lowest BCUT2D eigenvalue weighted by molar-refractivity contribution is -0.110. The maximum atomic E-state index is 11.1. The zero-order chi connectivity index (χ0) is 10.2. The van der Waals surface area contributed by atoms with E-state index in [-0.39, 0.29) is 5.76 Å². The summed E-state index contributed by atoms with van der Waals surface area (Å²) >= 11 is 0. The van der Waals surface area contributed by atoms with Gasteiger partial charge in [0.05, 0.1) is 12.5 Å². The van der Waals surface area contributed by atoms with E-state index >= 15 is 0 Å². The Hall–Kier alpha value is -1.58. The van der Waals surface area contributed by atoms with Gasteiger partial charge in [-0.3, -0.25) is 0 Å². The molecule has 0 radical (unpaired) electrons. The Kier molecular flexibility index (Phi) is 1.91. The minimum atomic E-state index is -0.516. The first kappa shape index (κ1) is 8.99. The first-order chi connectivity index (χ1) is 6.72. The highest BCUT2D eigenvalue weighted by Gasteiger charge is 2.47. The zero-order valence-corrected chi connectivity index (χ0v) is 7.78. The number of carbonyl (C=O) groups excluding carboxylic acids is 2. The summed E-state index contributed by atoms with van der Waals surface area (Å²) in [6.45, 7) is 0. The van der Waals surface area contributed by atoms with Crippen LogP contribution in [0.5, 0.6) is 0 Å². The topological polar surface area (TPSA) is 56.5 Å². The second kappa shape index (κ2) is 2.97. The van der Waals surface area contributed by atoms with Crippen LogP contribution < -0.4 is 0 Å². The van der Waals surface area contributed by atoms with Crippen molar-refractivity contribution in [3.63, 3.8) is 0 Å². The van der Waals surface area contributed by atoms with E-state index < -0.39 is 11.4 Å². The highest BCUT2D eigenvalue weighted by molar-refractivity contribution is 5.86. The molecular weight excluding hydrogens is 184 g/mol. The predicted molar refractivity (Wildman–Crippen MR) is 47.0 cm³/mol. The van der Waals surface area contributed by atoms with Gasteiger partial charge in [-0.05, 0) is 25.0 Å². The van der Waals surface area contributed by atoms with Gasteiger partial charge in [0.15, 0.2) is 0 Å². The van der Waals surface area contributed by atoms with Gasteiger partial charge in [0.2, 0.25) is 5.76 Å². The van der Waals surface area contributed by atoms with Crippen LogP contribution in [-0.2, 0) is 14.9 Å². The molecule has 0 aliphatic heterocycles. The first-order valence-corrected chi connectivity index (χ1v) is 4.37. The quantitative estimate of drug-likeness (QED) is 0.537. The molecule has 2 rings (SSSR count). The van der Waals surface area contributed by atoms with Crippen LogP contribution in [0.15, 0.2) is 16.5 Å². The number of ether oxygens (including phenoxy) is 1. The molecule has 1 aromatic rings. The van der Waals surface area contributed by atoms with E-state index in [9.17, 15) is 9.59 Å². The van der Waals surface area contributed by atoms with Gasteiger partial charge in [0.25, 0.3) is 0 Å². The average molecular weight is 194 g/mol. The van der Waals surface area contributed by atoms with E-state index in [4.69, 9.17) is 4.42 Å². The molecule has 1 heterocycles. The zero-order valence-electron chi connectivity index (χ0n) is 7.78. The van der Waals surface area contributed by atoms with E-state index in [2.05, 4.69) is 4.74 Å². The maximum Gasteiger partial charge on any atom is 0.373 e. The second-order valence-corrected chi connectivity index (χ2v) is 3.43. The largest absolute Gasteiger partial charge is 0.463 e. The van der Waals surface area contributed by atoms with Crippen LogP contribution in [0, 0.1) is 0 Å². The molecule has 0 amide bonds. The minimum Gasteiger partial charge on any atom is -0.463 e. The number of aldehydes is 1. The number of rotatable bonds is 3. The van der Waals surface area contributed by atoms with Gasteiger partial charge in [-0.2, -0.15) is 0 Å². The van der Waals surface area contributed by atoms with Gasteiger partial charge in [0.1, 0.15) is 12.0 Å². The normalized spacial score (nSPS) is 17.5. The third-order valence-corrected chi connectivity index (χ3v) is 2.50. The summed E-state index contributed by atoms with van der Waals surface area (Å²) in [7, 11) is 1.29. The number of hydrogen-bond acceptors (Lipinski definition) is 4. The molecule has 1 aromatic heterocycles. The van der Waals surface area contributed by atoms with Gasteiger partial charge in [0, 0.05) is 0 Å². The lowest BCUT2D eigenvalue weighted by atomic mass is 10.1. The molecule has 0 aromatic carbocycles. The number of furan rings is 1. The molecule has 14 heavy (non-hydrogen) atoms. The SMILES string of the molecule is COC(=O)c1ccc(C2(C=O)CC2)o1. The van der Waals surface area contributed by atoms with Crippen molar-refractivity contribution in [2.24, 2.45) is 0 Å². The predicted octanol–water partition coefficient (Wildman–Crippen LogP) is 1.30. The maximum absolute atomic E-state index is 11.1. The Labute approximate surface area is 80.8 Å². The number of carbonyl (C=O) groups is 2. The molecule has 0 saturated heterocycles. The van der Waals surface area contributed by atoms with Crippen LogP contribution in [0.3, 0.4) is 0 Å². The van der Waals surface area contributed by atoms with E-state index in [1.54, 1.807) is 6.07 Å². The fraction of sp³-hybridized carbons (Fsp3) is 0.400. The number of hydrogen-bond donors (Lipinski definition) is 0. The van der Waals surface area contributed by atoms with Gasteiger partial charge in [-0.25, -0.2) is 4.79 Å². The molecule has 1 fully saturated rings. The summed E-state index contributed by atoms with van der Waals surface area (Å²) < 4.78 is 9.74. The highest BCUT2D eigenvalue weighted by atomic mass is 16.5. The molecule has 0 atom stereocenters. The average Bonchev–Trinajstić information content (AvgIpc) is 2.87. The second-order valence-electron chi connectivity index (χ2n) is 3.43. The van der Waals surface area contributed by atoms with Crippen LogP contribution in [0.1, 0.15) is 29.2 Å². The summed E-state index contributed by atoms with van der Waals surface area (Å²) in [4.78, 5) is 21.8. The van der Waals surface area contributed by atoms with Crippen LogP contribution in [0.4, 0.5) is 0 Å². The minimum absolute atomic E-state index is 0.149. The molecule has 0 bridgehead atoms. The van der Waals surface area contributed by atoms with Gasteiger partial charge in [-0.15, -0.1) is 0 Å². The summed E-state index contributed by atoms with van der Waals surface area (Å²) in [6, 6.07) is 3.19. The van der Waals surface area contributed by atoms with E-state index in [0.29, 0.717) is 5.76 Å². The third-order valence-electron chi connectivity index (χ3n) is 2.50. The Bertz CT molecular complexity index is 373. The van der Waals surface area contributed by atoms with Crippen molar-refractivity contribution >= 4 is 12.3 Å². The van der Waals surface area contributed by atoms with Crippen molar-refractivity contribution in [3.05, 3.63) is 23.7 Å². The fourth-order valence-electron chi connectivity index (χ4n) is 1.37. The molecule has 0 spiro atoms. The Morgan fingerprint density at radius 2 is 2.29 bits per heavy atom. The Morgan fingerprint density at radius 1 is 1.57 bits per heavy atom. The molecule has 74 valence electrons. The third kappa shape index (κ3) is 1.23. The van der Waals surface area contributed by atoms with Crippen LogP contribution in [-0.4, -0.2) is 19.4 Å². The molecule has 0 N–H and O–H groups in total. The van der Waals surface area contributed by atoms with Crippen LogP contribution >= 0.6 is 0 Å². The Morgan fingerprint density at radius 3 is 2.79 bits per heavy atom. The van der Waals surface area contributed by atoms with Gasteiger partial charge in [-0.1, -0.05) is 0 Å². The smallest absolute Gasteiger partial charge is 0.373 e. The monoisotopic (exact) mass is 194 g/mol. The molecule has 4 nitrogen and oxygen atoms in total. The van der Waals surface area contributed by atoms with Crippen molar-refractivity contribution in [1.82, 2.24) is 0 Å². The molecule has 1 aliphatic carbocycles. The summed E-state index contributed by atoms with van der Waals surface area (Å²) in [5.74, 6) is 0.196. The molecule has 4 heteroatoms. The van der Waals surface area contributed by atoms with Gasteiger partial charge < -0.3 is 13.9 Å². The first-order valence-electron chi connectivity index (χ1n) is 4.37. The highest BCUT2D eigenvalue weighted by Crippen LogP contribution is 2.46. The molecular formula is C10H10O4. The van der Waals surface area contributed by atoms with E-state index in [0.717, 1.165) is 19.1 Å². The summed E-state index contributed by atoms with van der Waals surface area (Å²) in [5, 5.41) is 0. The Balaban J connectivity index is 2.26. The van der Waals surface area contributed by atoms with Gasteiger partial charge >= 0.3 is 5.97 Å². The number of methoxy groups -OCH3 is 1. The van der Waals surface area contributed by atoms with Crippen LogP contribution in [0.25, 0.3) is 0 Å². The lowest BCUT2D eigenvalue weighted by Crippen LogP contribution is -2.06. The van der Waals surface area contributed by atoms with Crippen molar-refractivity contribution in [2.45, 2.75) is 18.3 Å². The van der Waals surface area contributed by atoms with E-state index in [1.165, 1.54) is 13.2 Å². The van der Waals surface area contributed by atoms with Crippen molar-refractivity contribution in [1.29, 1.82) is 0 Å². The fourth-order valence-corrected chi connectivity index (χ4v) is 1.37. The standard InChI is InChI=1S/C10H10O4/c1-13-9(12)7-2-3-8(14-7)10(6-11)4-5-10/h2-3,6H,4-5H2,1H3. The van der Waals surface area contributed by atoms with Crippen LogP contribution in [0.2, 0.25) is 0 Å². The molecule has 1 saturated carbocycles. The van der Waals surface area contributed by atoms with Crippen molar-refractivity contribution in [3.8, 4) is 0 Å². The summed E-state index contributed by atoms with van der Waals surface area (Å²) in [6.07, 6.45) is 2.47. The molecule has 1 aliphatic rings.